The summed E-state index contributed by atoms with van der Waals surface area (Å²) in [6, 6.07) is 11.5. The van der Waals surface area contributed by atoms with E-state index < -0.39 is 0 Å². The monoisotopic (exact) mass is 444 g/mol. The molecule has 30 heavy (non-hydrogen) atoms. The van der Waals surface area contributed by atoms with Gasteiger partial charge in [-0.25, -0.2) is 9.97 Å². The number of nitrogens with one attached hydrogen (secondary N) is 4. The Balaban J connectivity index is 1.64. The van der Waals surface area contributed by atoms with E-state index in [9.17, 15) is 4.79 Å². The number of rotatable bonds is 9. The van der Waals surface area contributed by atoms with Crippen LogP contribution in [-0.2, 0) is 0 Å². The Bertz CT molecular complexity index is 988. The van der Waals surface area contributed by atoms with Crippen molar-refractivity contribution in [1.29, 1.82) is 0 Å². The SMILES string of the molecule is CNCCC(C)Nc1cccc(Nc2ncc(C(=O)Nc3c(C)cccc3Cl)s2)n1. The van der Waals surface area contributed by atoms with Gasteiger partial charge >= 0.3 is 0 Å². The molecule has 9 heteroatoms. The van der Waals surface area contributed by atoms with Gasteiger partial charge in [-0.3, -0.25) is 4.79 Å². The molecule has 0 fully saturated rings. The van der Waals surface area contributed by atoms with Gasteiger partial charge in [-0.15, -0.1) is 0 Å². The fraction of sp³-hybridized carbons (Fsp3) is 0.286. The highest BCUT2D eigenvalue weighted by Crippen LogP contribution is 2.28. The number of hydrogen-bond donors (Lipinski definition) is 4. The molecule has 1 atom stereocenters. The van der Waals surface area contributed by atoms with Gasteiger partial charge in [0.15, 0.2) is 5.13 Å². The number of thiazole rings is 1. The molecule has 1 unspecified atom stereocenters. The van der Waals surface area contributed by atoms with Crippen LogP contribution in [0.15, 0.2) is 42.6 Å². The summed E-state index contributed by atoms with van der Waals surface area (Å²) < 4.78 is 0. The number of para-hydroxylation sites is 1. The number of benzene rings is 1. The minimum absolute atomic E-state index is 0.251. The molecule has 0 saturated carbocycles. The van der Waals surface area contributed by atoms with E-state index in [-0.39, 0.29) is 5.91 Å². The fourth-order valence-electron chi connectivity index (χ4n) is 2.78. The molecule has 4 N–H and O–H groups in total. The quantitative estimate of drug-likeness (QED) is 0.375. The summed E-state index contributed by atoms with van der Waals surface area (Å²) in [4.78, 5) is 21.9. The first-order chi connectivity index (χ1) is 14.5. The van der Waals surface area contributed by atoms with Crippen LogP contribution >= 0.6 is 22.9 Å². The number of nitrogens with zero attached hydrogens (tertiary/aromatic N) is 2. The van der Waals surface area contributed by atoms with Crippen molar-refractivity contribution >= 4 is 51.3 Å². The molecule has 0 aliphatic carbocycles. The van der Waals surface area contributed by atoms with Gasteiger partial charge in [-0.05, 0) is 57.6 Å². The Hall–Kier alpha value is -2.68. The maximum absolute atomic E-state index is 12.6. The van der Waals surface area contributed by atoms with Crippen LogP contribution in [0.3, 0.4) is 0 Å². The second kappa shape index (κ2) is 10.4. The molecule has 0 saturated heterocycles. The molecule has 1 aromatic carbocycles. The lowest BCUT2D eigenvalue weighted by atomic mass is 10.2. The highest BCUT2D eigenvalue weighted by Gasteiger charge is 2.14. The van der Waals surface area contributed by atoms with Crippen molar-refractivity contribution in [2.24, 2.45) is 0 Å². The van der Waals surface area contributed by atoms with Gasteiger partial charge in [0.1, 0.15) is 16.5 Å². The van der Waals surface area contributed by atoms with E-state index in [2.05, 4.69) is 38.2 Å². The Morgan fingerprint density at radius 1 is 1.20 bits per heavy atom. The highest BCUT2D eigenvalue weighted by atomic mass is 35.5. The van der Waals surface area contributed by atoms with E-state index in [1.165, 1.54) is 17.5 Å². The van der Waals surface area contributed by atoms with Crippen molar-refractivity contribution in [1.82, 2.24) is 15.3 Å². The Labute approximate surface area is 185 Å². The zero-order chi connectivity index (χ0) is 21.5. The van der Waals surface area contributed by atoms with Gasteiger partial charge in [-0.1, -0.05) is 41.1 Å². The molecule has 3 rings (SSSR count). The average molecular weight is 445 g/mol. The Morgan fingerprint density at radius 3 is 2.73 bits per heavy atom. The van der Waals surface area contributed by atoms with E-state index >= 15 is 0 Å². The largest absolute Gasteiger partial charge is 0.368 e. The van der Waals surface area contributed by atoms with Gasteiger partial charge in [0.2, 0.25) is 0 Å². The number of halogens is 1. The van der Waals surface area contributed by atoms with Crippen LogP contribution in [0.5, 0.6) is 0 Å². The van der Waals surface area contributed by atoms with E-state index in [0.29, 0.717) is 32.6 Å². The number of aromatic nitrogens is 2. The number of carbonyl (C=O) groups excluding carboxylic acids is 1. The Kier molecular flexibility index (Phi) is 7.62. The molecule has 0 radical (unpaired) electrons. The molecule has 0 aliphatic heterocycles. The third kappa shape index (κ3) is 5.91. The van der Waals surface area contributed by atoms with E-state index in [1.54, 1.807) is 6.07 Å². The van der Waals surface area contributed by atoms with Crippen molar-refractivity contribution < 1.29 is 4.79 Å². The number of amides is 1. The third-order valence-electron chi connectivity index (χ3n) is 4.40. The minimum atomic E-state index is -0.251. The lowest BCUT2D eigenvalue weighted by Gasteiger charge is -2.14. The summed E-state index contributed by atoms with van der Waals surface area (Å²) in [5.74, 6) is 1.19. The summed E-state index contributed by atoms with van der Waals surface area (Å²) in [5.41, 5.74) is 1.51. The molecule has 3 aromatic rings. The summed E-state index contributed by atoms with van der Waals surface area (Å²) >= 11 is 7.45. The maximum Gasteiger partial charge on any atom is 0.267 e. The number of aryl methyl sites for hydroxylation is 1. The van der Waals surface area contributed by atoms with Crippen LogP contribution in [0.1, 0.15) is 28.6 Å². The summed E-state index contributed by atoms with van der Waals surface area (Å²) in [5, 5.41) is 13.6. The van der Waals surface area contributed by atoms with Crippen molar-refractivity contribution in [2.45, 2.75) is 26.3 Å². The normalized spacial score (nSPS) is 11.7. The molecule has 2 aromatic heterocycles. The van der Waals surface area contributed by atoms with Crippen LogP contribution in [0, 0.1) is 6.92 Å². The molecule has 7 nitrogen and oxygen atoms in total. The minimum Gasteiger partial charge on any atom is -0.368 e. The maximum atomic E-state index is 12.6. The summed E-state index contributed by atoms with van der Waals surface area (Å²) in [7, 11) is 1.94. The fourth-order valence-corrected chi connectivity index (χ4v) is 3.77. The summed E-state index contributed by atoms with van der Waals surface area (Å²) in [6.07, 6.45) is 2.53. The van der Waals surface area contributed by atoms with E-state index in [1.807, 2.05) is 44.3 Å². The smallest absolute Gasteiger partial charge is 0.267 e. The number of pyridine rings is 1. The zero-order valence-electron chi connectivity index (χ0n) is 17.1. The topological polar surface area (TPSA) is 91.0 Å². The first kappa shape index (κ1) is 22.0. The molecular weight excluding hydrogens is 420 g/mol. The van der Waals surface area contributed by atoms with Gasteiger partial charge in [0.25, 0.3) is 5.91 Å². The summed E-state index contributed by atoms with van der Waals surface area (Å²) in [6.45, 7) is 4.95. The van der Waals surface area contributed by atoms with Gasteiger partial charge < -0.3 is 21.3 Å². The lowest BCUT2D eigenvalue weighted by molar-refractivity contribution is 0.103. The first-order valence-electron chi connectivity index (χ1n) is 9.63. The second-order valence-electron chi connectivity index (χ2n) is 6.89. The lowest BCUT2D eigenvalue weighted by Crippen LogP contribution is -2.21. The molecule has 0 aliphatic rings. The number of hydrogen-bond acceptors (Lipinski definition) is 7. The van der Waals surface area contributed by atoms with Crippen LogP contribution in [0.4, 0.5) is 22.5 Å². The molecule has 0 bridgehead atoms. The predicted molar refractivity (Wildman–Crippen MR) is 125 cm³/mol. The Morgan fingerprint density at radius 2 is 1.97 bits per heavy atom. The third-order valence-corrected chi connectivity index (χ3v) is 5.62. The van der Waals surface area contributed by atoms with Crippen molar-refractivity contribution in [2.75, 3.05) is 29.5 Å². The first-order valence-corrected chi connectivity index (χ1v) is 10.8. The van der Waals surface area contributed by atoms with Crippen LogP contribution in [0.25, 0.3) is 0 Å². The average Bonchev–Trinajstić information content (AvgIpc) is 3.18. The number of anilines is 4. The van der Waals surface area contributed by atoms with Crippen molar-refractivity contribution in [3.63, 3.8) is 0 Å². The predicted octanol–water partition coefficient (Wildman–Crippen LogP) is 4.91. The highest BCUT2D eigenvalue weighted by molar-refractivity contribution is 7.17. The van der Waals surface area contributed by atoms with Gasteiger partial charge in [-0.2, -0.15) is 0 Å². The van der Waals surface area contributed by atoms with Crippen LogP contribution in [-0.4, -0.2) is 35.5 Å². The van der Waals surface area contributed by atoms with Crippen molar-refractivity contribution in [3.8, 4) is 0 Å². The molecular formula is C21H25ClN6OS. The van der Waals surface area contributed by atoms with Gasteiger partial charge in [0.05, 0.1) is 16.9 Å². The molecule has 2 heterocycles. The standard InChI is InChI=1S/C21H25ClN6OS/c1-13-6-4-7-15(22)19(13)28-20(29)16-12-24-21(30-16)27-18-9-5-8-17(26-18)25-14(2)10-11-23-3/h4-9,12,14,23H,10-11H2,1-3H3,(H,28,29)(H2,24,25,26,27). The molecule has 0 spiro atoms. The number of carbonyl (C=O) groups is 1. The second-order valence-corrected chi connectivity index (χ2v) is 8.32. The van der Waals surface area contributed by atoms with E-state index in [4.69, 9.17) is 11.6 Å². The van der Waals surface area contributed by atoms with Crippen LogP contribution in [0.2, 0.25) is 5.02 Å². The van der Waals surface area contributed by atoms with Crippen LogP contribution < -0.4 is 21.3 Å². The zero-order valence-corrected chi connectivity index (χ0v) is 18.7. The molecule has 1 amide bonds. The van der Waals surface area contributed by atoms with Crippen molar-refractivity contribution in [3.05, 3.63) is 58.1 Å². The van der Waals surface area contributed by atoms with E-state index in [0.717, 1.165) is 24.3 Å². The van der Waals surface area contributed by atoms with Gasteiger partial charge in [0, 0.05) is 6.04 Å². The molecule has 158 valence electrons.